The molecule has 0 bridgehead atoms. The third-order valence-electron chi connectivity index (χ3n) is 4.47. The highest BCUT2D eigenvalue weighted by Gasteiger charge is 2.09. The van der Waals surface area contributed by atoms with Gasteiger partial charge < -0.3 is 10.6 Å². The van der Waals surface area contributed by atoms with E-state index in [0.29, 0.717) is 31.3 Å². The molecule has 0 unspecified atom stereocenters. The first-order valence-corrected chi connectivity index (χ1v) is 9.29. The molecule has 10 nitrogen and oxygen atoms in total. The van der Waals surface area contributed by atoms with Crippen LogP contribution in [0.15, 0.2) is 65.5 Å². The lowest BCUT2D eigenvalue weighted by Crippen LogP contribution is -2.20. The Bertz CT molecular complexity index is 1220. The Kier molecular flexibility index (Phi) is 5.48. The van der Waals surface area contributed by atoms with Crippen LogP contribution in [-0.4, -0.2) is 24.5 Å². The van der Waals surface area contributed by atoms with E-state index in [4.69, 9.17) is 0 Å². The fourth-order valence-electron chi connectivity index (χ4n) is 2.95. The number of aromatic nitrogens is 4. The van der Waals surface area contributed by atoms with Crippen molar-refractivity contribution < 1.29 is 4.92 Å². The highest BCUT2D eigenvalue weighted by molar-refractivity contribution is 5.39. The van der Waals surface area contributed by atoms with Crippen molar-refractivity contribution in [1.82, 2.24) is 24.9 Å². The predicted octanol–water partition coefficient (Wildman–Crippen LogP) is 2.23. The number of nitro benzene ring substituents is 1. The zero-order valence-corrected chi connectivity index (χ0v) is 15.9. The number of fused-ring (bicyclic) bond motifs is 1. The van der Waals surface area contributed by atoms with Crippen molar-refractivity contribution in [1.29, 1.82) is 0 Å². The Morgan fingerprint density at radius 2 is 1.70 bits per heavy atom. The largest absolute Gasteiger partial charge is 0.351 e. The summed E-state index contributed by atoms with van der Waals surface area (Å²) in [6.07, 6.45) is 0. The second-order valence-electron chi connectivity index (χ2n) is 6.66. The van der Waals surface area contributed by atoms with Gasteiger partial charge in [-0.3, -0.25) is 20.0 Å². The number of nitrogens with one attached hydrogen (secondary N) is 3. The van der Waals surface area contributed by atoms with E-state index >= 15 is 0 Å². The van der Waals surface area contributed by atoms with Crippen molar-refractivity contribution in [3.05, 3.63) is 98.0 Å². The van der Waals surface area contributed by atoms with Crippen LogP contribution in [0.1, 0.15) is 16.8 Å². The maximum absolute atomic E-state index is 12.4. The van der Waals surface area contributed by atoms with Crippen LogP contribution in [0.2, 0.25) is 0 Å². The van der Waals surface area contributed by atoms with Crippen LogP contribution in [0.5, 0.6) is 0 Å². The highest BCUT2D eigenvalue weighted by atomic mass is 16.6. The minimum Gasteiger partial charge on any atom is -0.351 e. The van der Waals surface area contributed by atoms with Crippen LogP contribution >= 0.6 is 0 Å². The third-order valence-corrected chi connectivity index (χ3v) is 4.47. The lowest BCUT2D eigenvalue weighted by molar-refractivity contribution is -0.384. The maximum Gasteiger partial charge on any atom is 0.274 e. The van der Waals surface area contributed by atoms with E-state index in [1.807, 2.05) is 30.3 Å². The molecule has 0 saturated carbocycles. The lowest BCUT2D eigenvalue weighted by Gasteiger charge is -2.04. The molecule has 4 aromatic rings. The quantitative estimate of drug-likeness (QED) is 0.303. The minimum absolute atomic E-state index is 0.0339. The number of benzene rings is 2. The molecular weight excluding hydrogens is 386 g/mol. The first-order valence-electron chi connectivity index (χ1n) is 9.29. The summed E-state index contributed by atoms with van der Waals surface area (Å²) in [7, 11) is 0. The van der Waals surface area contributed by atoms with Crippen LogP contribution < -0.4 is 16.2 Å². The van der Waals surface area contributed by atoms with Gasteiger partial charge in [-0.05, 0) is 11.1 Å². The molecule has 2 aromatic heterocycles. The molecule has 152 valence electrons. The SMILES string of the molecule is O=c1cc(CNCc2ccccc2)nc2nc(NCc3ccc([N+](=O)[O-])cc3)[nH]n12. The molecule has 0 radical (unpaired) electrons. The van der Waals surface area contributed by atoms with Crippen LogP contribution in [0, 0.1) is 10.1 Å². The number of anilines is 1. The van der Waals surface area contributed by atoms with E-state index in [9.17, 15) is 14.9 Å². The molecule has 10 heteroatoms. The highest BCUT2D eigenvalue weighted by Crippen LogP contribution is 2.13. The smallest absolute Gasteiger partial charge is 0.274 e. The molecule has 0 saturated heterocycles. The Labute approximate surface area is 170 Å². The van der Waals surface area contributed by atoms with Gasteiger partial charge in [0.2, 0.25) is 5.95 Å². The molecule has 0 aliphatic rings. The molecule has 2 aromatic carbocycles. The first-order chi connectivity index (χ1) is 14.6. The number of rotatable bonds is 8. The van der Waals surface area contributed by atoms with Gasteiger partial charge in [-0.2, -0.15) is 9.50 Å². The number of non-ortho nitro benzene ring substituents is 1. The van der Waals surface area contributed by atoms with Gasteiger partial charge >= 0.3 is 0 Å². The monoisotopic (exact) mass is 405 g/mol. The van der Waals surface area contributed by atoms with Gasteiger partial charge in [0.15, 0.2) is 0 Å². The molecule has 0 fully saturated rings. The zero-order chi connectivity index (χ0) is 20.9. The van der Waals surface area contributed by atoms with E-state index in [1.165, 1.54) is 22.7 Å². The standard InChI is InChI=1S/C20H19N7O3/c28-18-10-16(13-21-11-14-4-2-1-3-5-14)23-20-24-19(25-26(18)20)22-12-15-6-8-17(9-7-15)27(29)30/h1-10,21H,11-13H2,(H2,22,23,24,25). The van der Waals surface area contributed by atoms with E-state index in [-0.39, 0.29) is 17.0 Å². The van der Waals surface area contributed by atoms with Crippen molar-refractivity contribution in [2.75, 3.05) is 5.32 Å². The van der Waals surface area contributed by atoms with E-state index in [2.05, 4.69) is 25.7 Å². The molecule has 0 atom stereocenters. The topological polar surface area (TPSA) is 130 Å². The Morgan fingerprint density at radius 1 is 0.967 bits per heavy atom. The van der Waals surface area contributed by atoms with E-state index < -0.39 is 4.92 Å². The summed E-state index contributed by atoms with van der Waals surface area (Å²) in [5, 5.41) is 19.9. The molecule has 2 heterocycles. The fraction of sp³-hybridized carbons (Fsp3) is 0.150. The van der Waals surface area contributed by atoms with Gasteiger partial charge in [0.1, 0.15) is 0 Å². The summed E-state index contributed by atoms with van der Waals surface area (Å²) in [5.74, 6) is 0.651. The predicted molar refractivity (Wildman–Crippen MR) is 111 cm³/mol. The molecule has 4 rings (SSSR count). The van der Waals surface area contributed by atoms with E-state index in [0.717, 1.165) is 11.1 Å². The Morgan fingerprint density at radius 3 is 2.43 bits per heavy atom. The van der Waals surface area contributed by atoms with Crippen LogP contribution in [0.3, 0.4) is 0 Å². The first kappa shape index (κ1) is 19.3. The molecule has 30 heavy (non-hydrogen) atoms. The van der Waals surface area contributed by atoms with Gasteiger partial charge in [0.25, 0.3) is 17.0 Å². The van der Waals surface area contributed by atoms with Crippen LogP contribution in [0.4, 0.5) is 11.6 Å². The van der Waals surface area contributed by atoms with Gasteiger partial charge in [0.05, 0.1) is 10.6 Å². The van der Waals surface area contributed by atoms with Crippen molar-refractivity contribution >= 4 is 17.4 Å². The Hall–Kier alpha value is -4.05. The summed E-state index contributed by atoms with van der Waals surface area (Å²) in [4.78, 5) is 31.4. The minimum atomic E-state index is -0.444. The maximum atomic E-state index is 12.4. The number of hydrogen-bond acceptors (Lipinski definition) is 7. The van der Waals surface area contributed by atoms with Gasteiger partial charge in [0, 0.05) is 37.8 Å². The van der Waals surface area contributed by atoms with E-state index in [1.54, 1.807) is 12.1 Å². The van der Waals surface area contributed by atoms with Crippen molar-refractivity contribution in [3.63, 3.8) is 0 Å². The lowest BCUT2D eigenvalue weighted by atomic mass is 10.2. The Balaban J connectivity index is 1.41. The second kappa shape index (κ2) is 8.53. The molecule has 0 amide bonds. The van der Waals surface area contributed by atoms with Crippen molar-refractivity contribution in [2.45, 2.75) is 19.6 Å². The molecule has 0 aliphatic heterocycles. The number of hydrogen-bond donors (Lipinski definition) is 3. The summed E-state index contributed by atoms with van der Waals surface area (Å²) in [6, 6.07) is 17.6. The average Bonchev–Trinajstić information content (AvgIpc) is 3.17. The zero-order valence-electron chi connectivity index (χ0n) is 15.9. The van der Waals surface area contributed by atoms with Crippen molar-refractivity contribution in [3.8, 4) is 0 Å². The summed E-state index contributed by atoms with van der Waals surface area (Å²) < 4.78 is 1.26. The van der Waals surface area contributed by atoms with Crippen molar-refractivity contribution in [2.24, 2.45) is 0 Å². The number of H-pyrrole nitrogens is 1. The molecule has 3 N–H and O–H groups in total. The van der Waals surface area contributed by atoms with Crippen LogP contribution in [0.25, 0.3) is 5.78 Å². The number of nitrogens with zero attached hydrogens (tertiary/aromatic N) is 4. The summed E-state index contributed by atoms with van der Waals surface area (Å²) in [5.41, 5.74) is 2.36. The fourth-order valence-corrected chi connectivity index (χ4v) is 2.95. The summed E-state index contributed by atoms with van der Waals surface area (Å²) in [6.45, 7) is 1.50. The normalized spacial score (nSPS) is 10.9. The molecular formula is C20H19N7O3. The second-order valence-corrected chi connectivity index (χ2v) is 6.66. The third kappa shape index (κ3) is 4.50. The number of nitro groups is 1. The molecule has 0 aliphatic carbocycles. The van der Waals surface area contributed by atoms with Gasteiger partial charge in [-0.15, -0.1) is 0 Å². The van der Waals surface area contributed by atoms with Crippen LogP contribution in [-0.2, 0) is 19.6 Å². The number of aromatic amines is 1. The molecule has 0 spiro atoms. The van der Waals surface area contributed by atoms with Gasteiger partial charge in [-0.25, -0.2) is 4.98 Å². The average molecular weight is 405 g/mol. The van der Waals surface area contributed by atoms with Gasteiger partial charge in [-0.1, -0.05) is 42.5 Å². The summed E-state index contributed by atoms with van der Waals surface area (Å²) >= 11 is 0.